The van der Waals surface area contributed by atoms with Gasteiger partial charge in [0, 0.05) is 15.4 Å². The maximum absolute atomic E-state index is 10.9. The van der Waals surface area contributed by atoms with Gasteiger partial charge in [-0.15, -0.1) is 0 Å². The lowest BCUT2D eigenvalue weighted by atomic mass is 10.1. The van der Waals surface area contributed by atoms with E-state index in [-0.39, 0.29) is 5.69 Å². The standard InChI is InChI=1S/C13H8BrNO2/c14-10-6-11-9(5-12(15-11)13(16)17)7-3-1-2-4-8(7)10/h1-6,15H,(H,16,17). The van der Waals surface area contributed by atoms with Crippen LogP contribution in [-0.4, -0.2) is 16.1 Å². The van der Waals surface area contributed by atoms with Gasteiger partial charge in [-0.1, -0.05) is 40.2 Å². The Morgan fingerprint density at radius 3 is 2.53 bits per heavy atom. The van der Waals surface area contributed by atoms with E-state index in [1.165, 1.54) is 0 Å². The molecule has 0 fully saturated rings. The Hall–Kier alpha value is -1.81. The molecule has 0 aliphatic heterocycles. The number of aromatic amines is 1. The Morgan fingerprint density at radius 2 is 1.82 bits per heavy atom. The average Bonchev–Trinajstić information content (AvgIpc) is 2.73. The predicted molar refractivity (Wildman–Crippen MR) is 70.5 cm³/mol. The third kappa shape index (κ3) is 1.52. The van der Waals surface area contributed by atoms with Crippen molar-refractivity contribution in [3.05, 3.63) is 46.6 Å². The summed E-state index contributed by atoms with van der Waals surface area (Å²) in [6, 6.07) is 11.5. The van der Waals surface area contributed by atoms with E-state index in [1.54, 1.807) is 6.07 Å². The molecule has 2 aromatic carbocycles. The maximum atomic E-state index is 10.9. The van der Waals surface area contributed by atoms with Crippen molar-refractivity contribution in [3.63, 3.8) is 0 Å². The third-order valence-electron chi connectivity index (χ3n) is 2.82. The second-order valence-electron chi connectivity index (χ2n) is 3.85. The number of benzene rings is 2. The normalized spacial score (nSPS) is 11.1. The van der Waals surface area contributed by atoms with Gasteiger partial charge in [-0.3, -0.25) is 0 Å². The van der Waals surface area contributed by atoms with Crippen LogP contribution in [0.4, 0.5) is 0 Å². The number of carbonyl (C=O) groups is 1. The molecular weight excluding hydrogens is 282 g/mol. The first-order valence-corrected chi connectivity index (χ1v) is 5.89. The zero-order valence-corrected chi connectivity index (χ0v) is 10.3. The fourth-order valence-electron chi connectivity index (χ4n) is 2.05. The lowest BCUT2D eigenvalue weighted by molar-refractivity contribution is 0.0691. The fraction of sp³-hybridized carbons (Fsp3) is 0. The van der Waals surface area contributed by atoms with Crippen molar-refractivity contribution in [3.8, 4) is 0 Å². The van der Waals surface area contributed by atoms with E-state index in [2.05, 4.69) is 20.9 Å². The molecule has 0 aliphatic carbocycles. The summed E-state index contributed by atoms with van der Waals surface area (Å²) in [5.41, 5.74) is 1.04. The van der Waals surface area contributed by atoms with Crippen LogP contribution in [0.25, 0.3) is 21.7 Å². The number of carboxylic acids is 1. The molecule has 0 unspecified atom stereocenters. The summed E-state index contributed by atoms with van der Waals surface area (Å²) >= 11 is 3.50. The Bertz CT molecular complexity index is 746. The monoisotopic (exact) mass is 289 g/mol. The molecule has 1 aromatic heterocycles. The highest BCUT2D eigenvalue weighted by Gasteiger charge is 2.11. The number of nitrogens with one attached hydrogen (secondary N) is 1. The molecule has 4 heteroatoms. The van der Waals surface area contributed by atoms with E-state index in [0.29, 0.717) is 0 Å². The van der Waals surface area contributed by atoms with Gasteiger partial charge in [0.05, 0.1) is 0 Å². The molecule has 3 nitrogen and oxygen atoms in total. The van der Waals surface area contributed by atoms with E-state index in [0.717, 1.165) is 26.1 Å². The van der Waals surface area contributed by atoms with Crippen molar-refractivity contribution in [2.75, 3.05) is 0 Å². The van der Waals surface area contributed by atoms with Crippen molar-refractivity contribution in [2.24, 2.45) is 0 Å². The molecule has 84 valence electrons. The fourth-order valence-corrected chi connectivity index (χ4v) is 2.63. The van der Waals surface area contributed by atoms with Gasteiger partial charge < -0.3 is 10.1 Å². The molecule has 17 heavy (non-hydrogen) atoms. The van der Waals surface area contributed by atoms with Gasteiger partial charge >= 0.3 is 5.97 Å². The van der Waals surface area contributed by atoms with Gasteiger partial charge in [-0.2, -0.15) is 0 Å². The molecule has 0 aliphatic rings. The molecule has 2 N–H and O–H groups in total. The van der Waals surface area contributed by atoms with Crippen LogP contribution in [0.3, 0.4) is 0 Å². The first kappa shape index (κ1) is 10.4. The molecule has 0 saturated carbocycles. The lowest BCUT2D eigenvalue weighted by Gasteiger charge is -2.01. The van der Waals surface area contributed by atoms with E-state index in [4.69, 9.17) is 5.11 Å². The number of H-pyrrole nitrogens is 1. The molecule has 0 atom stereocenters. The van der Waals surface area contributed by atoms with Crippen LogP contribution in [0, 0.1) is 0 Å². The van der Waals surface area contributed by atoms with E-state index < -0.39 is 5.97 Å². The molecule has 0 amide bonds. The number of aromatic carboxylic acids is 1. The first-order valence-electron chi connectivity index (χ1n) is 5.10. The zero-order valence-electron chi connectivity index (χ0n) is 8.70. The minimum Gasteiger partial charge on any atom is -0.477 e. The third-order valence-corrected chi connectivity index (χ3v) is 3.48. The first-order chi connectivity index (χ1) is 8.16. The molecule has 0 radical (unpaired) electrons. The van der Waals surface area contributed by atoms with Crippen LogP contribution in [-0.2, 0) is 0 Å². The number of halogens is 1. The van der Waals surface area contributed by atoms with Crippen LogP contribution >= 0.6 is 15.9 Å². The number of carboxylic acid groups (broad SMARTS) is 1. The Labute approximate surface area is 105 Å². The minimum atomic E-state index is -0.943. The summed E-state index contributed by atoms with van der Waals surface area (Å²) in [7, 11) is 0. The Balaban J connectivity index is 2.50. The molecule has 0 saturated heterocycles. The number of rotatable bonds is 1. The quantitative estimate of drug-likeness (QED) is 0.716. The maximum Gasteiger partial charge on any atom is 0.352 e. The number of fused-ring (bicyclic) bond motifs is 3. The predicted octanol–water partition coefficient (Wildman–Crippen LogP) is 3.78. The Kier molecular flexibility index (Phi) is 2.19. The molecule has 3 aromatic rings. The molecular formula is C13H8BrNO2. The topological polar surface area (TPSA) is 53.1 Å². The minimum absolute atomic E-state index is 0.211. The molecule has 3 rings (SSSR count). The summed E-state index contributed by atoms with van der Waals surface area (Å²) in [6.45, 7) is 0. The van der Waals surface area contributed by atoms with Crippen LogP contribution in [0.5, 0.6) is 0 Å². The summed E-state index contributed by atoms with van der Waals surface area (Å²) in [4.78, 5) is 13.8. The lowest BCUT2D eigenvalue weighted by Crippen LogP contribution is -1.94. The second kappa shape index (κ2) is 3.60. The van der Waals surface area contributed by atoms with Crippen LogP contribution in [0.1, 0.15) is 10.5 Å². The Morgan fingerprint density at radius 1 is 1.12 bits per heavy atom. The van der Waals surface area contributed by atoms with E-state index >= 15 is 0 Å². The zero-order chi connectivity index (χ0) is 12.0. The van der Waals surface area contributed by atoms with E-state index in [9.17, 15) is 4.79 Å². The summed E-state index contributed by atoms with van der Waals surface area (Å²) in [5, 5.41) is 12.0. The van der Waals surface area contributed by atoms with Gasteiger partial charge in [0.15, 0.2) is 0 Å². The second-order valence-corrected chi connectivity index (χ2v) is 4.71. The highest BCUT2D eigenvalue weighted by Crippen LogP contribution is 2.32. The number of aromatic nitrogens is 1. The van der Waals surface area contributed by atoms with Crippen LogP contribution in [0.2, 0.25) is 0 Å². The number of hydrogen-bond acceptors (Lipinski definition) is 1. The summed E-state index contributed by atoms with van der Waals surface area (Å²) in [6.07, 6.45) is 0. The largest absolute Gasteiger partial charge is 0.477 e. The highest BCUT2D eigenvalue weighted by molar-refractivity contribution is 9.10. The van der Waals surface area contributed by atoms with Gasteiger partial charge in [0.1, 0.15) is 5.69 Å². The van der Waals surface area contributed by atoms with Crippen LogP contribution < -0.4 is 0 Å². The van der Waals surface area contributed by atoms with Crippen molar-refractivity contribution >= 4 is 43.6 Å². The van der Waals surface area contributed by atoms with Crippen molar-refractivity contribution in [2.45, 2.75) is 0 Å². The van der Waals surface area contributed by atoms with Crippen molar-refractivity contribution in [1.29, 1.82) is 0 Å². The van der Waals surface area contributed by atoms with Gasteiger partial charge in [0.25, 0.3) is 0 Å². The van der Waals surface area contributed by atoms with Crippen molar-refractivity contribution < 1.29 is 9.90 Å². The highest BCUT2D eigenvalue weighted by atomic mass is 79.9. The summed E-state index contributed by atoms with van der Waals surface area (Å²) in [5.74, 6) is -0.943. The van der Waals surface area contributed by atoms with Crippen molar-refractivity contribution in [1.82, 2.24) is 4.98 Å². The molecule has 0 bridgehead atoms. The average molecular weight is 290 g/mol. The number of hydrogen-bond donors (Lipinski definition) is 2. The smallest absolute Gasteiger partial charge is 0.352 e. The molecule has 0 spiro atoms. The van der Waals surface area contributed by atoms with Gasteiger partial charge in [-0.05, 0) is 22.9 Å². The van der Waals surface area contributed by atoms with E-state index in [1.807, 2.05) is 30.3 Å². The van der Waals surface area contributed by atoms with Gasteiger partial charge in [-0.25, -0.2) is 4.79 Å². The SMILES string of the molecule is O=C(O)c1cc2c(cc(Br)c3ccccc32)[nH]1. The summed E-state index contributed by atoms with van der Waals surface area (Å²) < 4.78 is 0.958. The molecule has 1 heterocycles. The van der Waals surface area contributed by atoms with Gasteiger partial charge in [0.2, 0.25) is 0 Å². The van der Waals surface area contributed by atoms with Crippen LogP contribution in [0.15, 0.2) is 40.9 Å².